The summed E-state index contributed by atoms with van der Waals surface area (Å²) in [6, 6.07) is 0. The first-order valence-corrected chi connectivity index (χ1v) is 9.69. The second-order valence-electron chi connectivity index (χ2n) is 10.1. The minimum absolute atomic E-state index is 0.152. The predicted molar refractivity (Wildman–Crippen MR) is 93.9 cm³/mol. The lowest BCUT2D eigenvalue weighted by molar-refractivity contribution is -0.219. The van der Waals surface area contributed by atoms with Crippen molar-refractivity contribution >= 4 is 0 Å². The SMILES string of the molecule is C=C1[C@@H]2CC[C@@H]3[C@@H](O)[C@]2(C[C@@]3(C)O)[C@H](O)[C@H](O)[C@@]2(O)[C@H]1C[C@H](O)C2(C)C. The summed E-state index contributed by atoms with van der Waals surface area (Å²) >= 11 is 0. The monoisotopic (exact) mass is 368 g/mol. The zero-order chi connectivity index (χ0) is 19.4. The van der Waals surface area contributed by atoms with Gasteiger partial charge in [0.1, 0.15) is 11.7 Å². The van der Waals surface area contributed by atoms with Crippen LogP contribution in [0.2, 0.25) is 0 Å². The highest BCUT2D eigenvalue weighted by Gasteiger charge is 2.75. The minimum atomic E-state index is -1.75. The molecule has 6 N–H and O–H groups in total. The molecule has 0 amide bonds. The van der Waals surface area contributed by atoms with Crippen LogP contribution in [0.3, 0.4) is 0 Å². The highest BCUT2D eigenvalue weighted by atomic mass is 16.4. The van der Waals surface area contributed by atoms with E-state index in [1.165, 1.54) is 0 Å². The molecule has 10 atom stereocenters. The van der Waals surface area contributed by atoms with Crippen LogP contribution in [0, 0.1) is 28.6 Å². The fourth-order valence-corrected chi connectivity index (χ4v) is 7.21. The van der Waals surface area contributed by atoms with Crippen molar-refractivity contribution in [3.05, 3.63) is 12.2 Å². The van der Waals surface area contributed by atoms with Gasteiger partial charge >= 0.3 is 0 Å². The fourth-order valence-electron chi connectivity index (χ4n) is 7.21. The largest absolute Gasteiger partial charge is 0.392 e. The van der Waals surface area contributed by atoms with Crippen LogP contribution in [0.1, 0.15) is 46.5 Å². The molecular weight excluding hydrogens is 336 g/mol. The number of fused-ring (bicyclic) bond motifs is 2. The number of hydrogen-bond donors (Lipinski definition) is 6. The predicted octanol–water partition coefficient (Wildman–Crippen LogP) is -0.0557. The number of rotatable bonds is 0. The topological polar surface area (TPSA) is 121 Å². The van der Waals surface area contributed by atoms with Crippen molar-refractivity contribution in [2.75, 3.05) is 0 Å². The zero-order valence-corrected chi connectivity index (χ0v) is 15.8. The van der Waals surface area contributed by atoms with E-state index >= 15 is 0 Å². The van der Waals surface area contributed by atoms with Crippen LogP contribution in [0.25, 0.3) is 0 Å². The van der Waals surface area contributed by atoms with Crippen molar-refractivity contribution < 1.29 is 30.6 Å². The lowest BCUT2D eigenvalue weighted by Crippen LogP contribution is -2.63. The van der Waals surface area contributed by atoms with Crippen molar-refractivity contribution in [1.29, 1.82) is 0 Å². The molecule has 0 saturated heterocycles. The summed E-state index contributed by atoms with van der Waals surface area (Å²) in [4.78, 5) is 0. The number of hydrogen-bond acceptors (Lipinski definition) is 6. The smallest absolute Gasteiger partial charge is 0.110 e. The molecule has 4 aliphatic carbocycles. The first-order valence-electron chi connectivity index (χ1n) is 9.69. The zero-order valence-electron chi connectivity index (χ0n) is 15.8. The number of aliphatic hydroxyl groups excluding tert-OH is 4. The Morgan fingerprint density at radius 1 is 0.885 bits per heavy atom. The molecule has 26 heavy (non-hydrogen) atoms. The van der Waals surface area contributed by atoms with Crippen molar-refractivity contribution in [3.8, 4) is 0 Å². The summed E-state index contributed by atoms with van der Waals surface area (Å²) in [6.07, 6.45) is -3.15. The van der Waals surface area contributed by atoms with Gasteiger partial charge in [0, 0.05) is 22.7 Å². The van der Waals surface area contributed by atoms with E-state index in [4.69, 9.17) is 0 Å². The number of aliphatic hydroxyl groups is 6. The summed E-state index contributed by atoms with van der Waals surface area (Å²) in [5.74, 6) is -1.28. The molecule has 4 saturated carbocycles. The molecule has 2 bridgehead atoms. The maximum atomic E-state index is 11.6. The standard InChI is InChI=1S/C20H32O6/c1-9-10-5-6-11-14(22)19(10,8-18(11,4)25)15(23)16(24)20(26)12(9)7-13(21)17(20,2)3/h10-16,21-26H,1,5-8H2,2-4H3/t10-,11+,12-,13-,14+,15+,16-,18+,19+,20-/m0/s1. The van der Waals surface area contributed by atoms with E-state index in [0.717, 1.165) is 0 Å². The molecule has 148 valence electrons. The molecule has 6 nitrogen and oxygen atoms in total. The minimum Gasteiger partial charge on any atom is -0.392 e. The molecule has 0 aromatic heterocycles. The second kappa shape index (κ2) is 5.10. The molecule has 0 heterocycles. The van der Waals surface area contributed by atoms with Crippen molar-refractivity contribution in [1.82, 2.24) is 0 Å². The summed E-state index contributed by atoms with van der Waals surface area (Å²) in [6.45, 7) is 9.28. The van der Waals surface area contributed by atoms with Crippen LogP contribution in [-0.2, 0) is 0 Å². The Balaban J connectivity index is 1.91. The fraction of sp³-hybridized carbons (Fsp3) is 0.900. The quantitative estimate of drug-likeness (QED) is 0.333. The van der Waals surface area contributed by atoms with Crippen molar-refractivity contribution in [2.24, 2.45) is 28.6 Å². The summed E-state index contributed by atoms with van der Waals surface area (Å²) in [5.41, 5.74) is -4.41. The van der Waals surface area contributed by atoms with Gasteiger partial charge in [-0.3, -0.25) is 0 Å². The van der Waals surface area contributed by atoms with Gasteiger partial charge in [0.25, 0.3) is 0 Å². The van der Waals surface area contributed by atoms with E-state index in [2.05, 4.69) is 6.58 Å². The van der Waals surface area contributed by atoms with Crippen molar-refractivity contribution in [2.45, 2.75) is 82.1 Å². The highest BCUT2D eigenvalue weighted by Crippen LogP contribution is 2.68. The van der Waals surface area contributed by atoms with Gasteiger partial charge in [-0.2, -0.15) is 0 Å². The summed E-state index contributed by atoms with van der Waals surface area (Å²) in [5, 5.41) is 66.6. The molecule has 0 aromatic rings. The normalized spacial score (nSPS) is 61.1. The molecule has 0 aromatic carbocycles. The van der Waals surface area contributed by atoms with E-state index < -0.39 is 52.4 Å². The Bertz CT molecular complexity index is 644. The third kappa shape index (κ3) is 1.79. The molecule has 0 aliphatic heterocycles. The Morgan fingerprint density at radius 3 is 2.12 bits per heavy atom. The van der Waals surface area contributed by atoms with E-state index in [-0.39, 0.29) is 24.7 Å². The van der Waals surface area contributed by atoms with Gasteiger partial charge in [0.2, 0.25) is 0 Å². The summed E-state index contributed by atoms with van der Waals surface area (Å²) in [7, 11) is 0. The molecule has 1 spiro atoms. The molecule has 6 heteroatoms. The molecule has 4 aliphatic rings. The van der Waals surface area contributed by atoms with Crippen LogP contribution < -0.4 is 0 Å². The van der Waals surface area contributed by atoms with Gasteiger partial charge in [0.05, 0.1) is 23.9 Å². The Kier molecular flexibility index (Phi) is 3.70. The van der Waals surface area contributed by atoms with Gasteiger partial charge in [-0.15, -0.1) is 0 Å². The van der Waals surface area contributed by atoms with Gasteiger partial charge in [0.15, 0.2) is 0 Å². The average molecular weight is 368 g/mol. The second-order valence-corrected chi connectivity index (χ2v) is 10.1. The highest BCUT2D eigenvalue weighted by molar-refractivity contribution is 5.33. The molecular formula is C20H32O6. The lowest BCUT2D eigenvalue weighted by Gasteiger charge is -2.49. The molecule has 0 radical (unpaired) electrons. The van der Waals surface area contributed by atoms with E-state index in [1.54, 1.807) is 20.8 Å². The van der Waals surface area contributed by atoms with Crippen LogP contribution >= 0.6 is 0 Å². The van der Waals surface area contributed by atoms with Gasteiger partial charge in [-0.25, -0.2) is 0 Å². The van der Waals surface area contributed by atoms with Crippen molar-refractivity contribution in [3.63, 3.8) is 0 Å². The van der Waals surface area contributed by atoms with Gasteiger partial charge < -0.3 is 30.6 Å². The van der Waals surface area contributed by atoms with Crippen LogP contribution in [0.4, 0.5) is 0 Å². The molecule has 4 rings (SSSR count). The summed E-state index contributed by atoms with van der Waals surface area (Å²) < 4.78 is 0. The van der Waals surface area contributed by atoms with Crippen LogP contribution in [-0.4, -0.2) is 66.3 Å². The lowest BCUT2D eigenvalue weighted by atomic mass is 9.60. The van der Waals surface area contributed by atoms with E-state index in [0.29, 0.717) is 18.4 Å². The maximum Gasteiger partial charge on any atom is 0.110 e. The maximum absolute atomic E-state index is 11.6. The van der Waals surface area contributed by atoms with E-state index in [1.807, 2.05) is 0 Å². The Morgan fingerprint density at radius 2 is 1.50 bits per heavy atom. The average Bonchev–Trinajstić information content (AvgIpc) is 2.78. The van der Waals surface area contributed by atoms with Gasteiger partial charge in [-0.1, -0.05) is 26.0 Å². The third-order valence-corrected chi connectivity index (χ3v) is 8.86. The molecule has 4 fully saturated rings. The third-order valence-electron chi connectivity index (χ3n) is 8.86. The van der Waals surface area contributed by atoms with Crippen LogP contribution in [0.15, 0.2) is 12.2 Å². The Hall–Kier alpha value is -0.500. The van der Waals surface area contributed by atoms with E-state index in [9.17, 15) is 30.6 Å². The Labute approximate surface area is 154 Å². The van der Waals surface area contributed by atoms with Crippen LogP contribution in [0.5, 0.6) is 0 Å². The van der Waals surface area contributed by atoms with Gasteiger partial charge in [-0.05, 0) is 38.5 Å². The first kappa shape index (κ1) is 18.8. The first-order chi connectivity index (χ1) is 11.8. The molecule has 0 unspecified atom stereocenters.